The number of anilines is 2. The summed E-state index contributed by atoms with van der Waals surface area (Å²) in [7, 11) is 0. The van der Waals surface area contributed by atoms with E-state index in [0.717, 1.165) is 11.1 Å². The summed E-state index contributed by atoms with van der Waals surface area (Å²) >= 11 is 0. The van der Waals surface area contributed by atoms with Crippen molar-refractivity contribution in [3.63, 3.8) is 0 Å². The van der Waals surface area contributed by atoms with Crippen molar-refractivity contribution in [2.45, 2.75) is 0 Å². The molecule has 2 aromatic heterocycles. The Bertz CT molecular complexity index is 922. The Morgan fingerprint density at radius 1 is 0.583 bits per heavy atom. The molecule has 0 aliphatic carbocycles. The minimum absolute atomic E-state index is 0.455. The molecule has 3 rings (SSSR count). The summed E-state index contributed by atoms with van der Waals surface area (Å²) in [6, 6.07) is 18.4. The molecule has 24 heavy (non-hydrogen) atoms. The second-order valence-electron chi connectivity index (χ2n) is 4.98. The first kappa shape index (κ1) is 15.1. The molecule has 0 amide bonds. The number of hydrogen-bond acceptors (Lipinski definition) is 4. The van der Waals surface area contributed by atoms with Crippen molar-refractivity contribution in [2.75, 3.05) is 11.5 Å². The van der Waals surface area contributed by atoms with E-state index in [1.54, 1.807) is 12.1 Å². The highest BCUT2D eigenvalue weighted by Gasteiger charge is 1.93. The highest BCUT2D eigenvalue weighted by atomic mass is 14.8. The van der Waals surface area contributed by atoms with Gasteiger partial charge in [0.2, 0.25) is 0 Å². The SMILES string of the molecule is Nc1cccc(C#Cc2cccc(C#Cc3cccc(N)n3)c2)n1. The van der Waals surface area contributed by atoms with Crippen LogP contribution in [0, 0.1) is 23.7 Å². The zero-order valence-electron chi connectivity index (χ0n) is 12.8. The lowest BCUT2D eigenvalue weighted by atomic mass is 10.1. The van der Waals surface area contributed by atoms with Crippen LogP contribution in [0.15, 0.2) is 60.7 Å². The van der Waals surface area contributed by atoms with Gasteiger partial charge in [0.05, 0.1) is 0 Å². The van der Waals surface area contributed by atoms with E-state index in [9.17, 15) is 0 Å². The number of rotatable bonds is 0. The topological polar surface area (TPSA) is 77.8 Å². The average molecular weight is 310 g/mol. The molecule has 0 spiro atoms. The van der Waals surface area contributed by atoms with E-state index in [4.69, 9.17) is 11.5 Å². The summed E-state index contributed by atoms with van der Waals surface area (Å²) in [5, 5.41) is 0. The predicted octanol–water partition coefficient (Wildman–Crippen LogP) is 2.44. The largest absolute Gasteiger partial charge is 0.384 e. The lowest BCUT2D eigenvalue weighted by Gasteiger charge is -1.94. The first-order chi connectivity index (χ1) is 11.7. The molecule has 0 bridgehead atoms. The molecular weight excluding hydrogens is 296 g/mol. The third-order valence-corrected chi connectivity index (χ3v) is 3.07. The van der Waals surface area contributed by atoms with E-state index in [2.05, 4.69) is 33.6 Å². The van der Waals surface area contributed by atoms with Gasteiger partial charge in [-0.2, -0.15) is 0 Å². The van der Waals surface area contributed by atoms with Crippen molar-refractivity contribution < 1.29 is 0 Å². The lowest BCUT2D eigenvalue weighted by Crippen LogP contribution is -1.91. The van der Waals surface area contributed by atoms with Crippen LogP contribution in [0.25, 0.3) is 0 Å². The maximum atomic E-state index is 5.65. The Kier molecular flexibility index (Phi) is 4.42. The second-order valence-corrected chi connectivity index (χ2v) is 4.98. The summed E-state index contributed by atoms with van der Waals surface area (Å²) in [5.41, 5.74) is 14.3. The fourth-order valence-corrected chi connectivity index (χ4v) is 1.99. The van der Waals surface area contributed by atoms with Gasteiger partial charge in [-0.05, 0) is 54.3 Å². The van der Waals surface area contributed by atoms with E-state index >= 15 is 0 Å². The van der Waals surface area contributed by atoms with Gasteiger partial charge in [-0.1, -0.05) is 30.0 Å². The fourth-order valence-electron chi connectivity index (χ4n) is 1.99. The number of benzene rings is 1. The third-order valence-electron chi connectivity index (χ3n) is 3.07. The van der Waals surface area contributed by atoms with Gasteiger partial charge in [0.15, 0.2) is 0 Å². The van der Waals surface area contributed by atoms with Gasteiger partial charge in [0.1, 0.15) is 23.0 Å². The average Bonchev–Trinajstić information content (AvgIpc) is 2.59. The molecule has 0 aliphatic rings. The van der Waals surface area contributed by atoms with E-state index in [-0.39, 0.29) is 0 Å². The Labute approximate surface area is 140 Å². The predicted molar refractivity (Wildman–Crippen MR) is 95.7 cm³/mol. The molecule has 0 aliphatic heterocycles. The molecule has 0 atom stereocenters. The third kappa shape index (κ3) is 4.13. The van der Waals surface area contributed by atoms with Gasteiger partial charge in [-0.3, -0.25) is 0 Å². The molecule has 2 heterocycles. The van der Waals surface area contributed by atoms with Crippen LogP contribution in [0.1, 0.15) is 22.5 Å². The molecule has 4 N–H and O–H groups in total. The number of nitrogens with two attached hydrogens (primary N) is 2. The molecule has 0 radical (unpaired) electrons. The second kappa shape index (κ2) is 7.00. The molecule has 114 valence electrons. The molecule has 0 saturated heterocycles. The fraction of sp³-hybridized carbons (Fsp3) is 0. The Morgan fingerprint density at radius 3 is 1.50 bits per heavy atom. The molecule has 0 saturated carbocycles. The van der Waals surface area contributed by atoms with Gasteiger partial charge in [0, 0.05) is 11.1 Å². The summed E-state index contributed by atoms with van der Waals surface area (Å²) < 4.78 is 0. The van der Waals surface area contributed by atoms with Gasteiger partial charge >= 0.3 is 0 Å². The summed E-state index contributed by atoms with van der Waals surface area (Å²) in [6.07, 6.45) is 0. The zero-order chi connectivity index (χ0) is 16.8. The van der Waals surface area contributed by atoms with Crippen LogP contribution in [0.5, 0.6) is 0 Å². The van der Waals surface area contributed by atoms with Crippen molar-refractivity contribution in [3.05, 3.63) is 83.2 Å². The number of nitrogens with zero attached hydrogens (tertiary/aromatic N) is 2. The van der Waals surface area contributed by atoms with Gasteiger partial charge in [-0.25, -0.2) is 9.97 Å². The molecule has 1 aromatic carbocycles. The maximum Gasteiger partial charge on any atom is 0.124 e. The van der Waals surface area contributed by atoms with Gasteiger partial charge < -0.3 is 11.5 Å². The van der Waals surface area contributed by atoms with E-state index < -0.39 is 0 Å². The summed E-state index contributed by atoms with van der Waals surface area (Å²) in [4.78, 5) is 8.30. The summed E-state index contributed by atoms with van der Waals surface area (Å²) in [5.74, 6) is 13.0. The maximum absolute atomic E-state index is 5.65. The van der Waals surface area contributed by atoms with Crippen molar-refractivity contribution in [1.29, 1.82) is 0 Å². The normalized spacial score (nSPS) is 9.33. The van der Waals surface area contributed by atoms with Crippen LogP contribution in [0.4, 0.5) is 11.6 Å². The van der Waals surface area contributed by atoms with Crippen molar-refractivity contribution in [1.82, 2.24) is 9.97 Å². The van der Waals surface area contributed by atoms with E-state index in [1.165, 1.54) is 0 Å². The standard InChI is InChI=1S/C20H14N4/c21-19-8-2-6-17(23-19)12-10-15-4-1-5-16(14-15)11-13-18-7-3-9-20(22)24-18/h1-9,14H,(H2,21,23)(H2,22,24). The van der Waals surface area contributed by atoms with E-state index in [0.29, 0.717) is 23.0 Å². The van der Waals surface area contributed by atoms with Crippen LogP contribution in [-0.2, 0) is 0 Å². The minimum atomic E-state index is 0.455. The smallest absolute Gasteiger partial charge is 0.124 e. The Balaban J connectivity index is 1.83. The zero-order valence-corrected chi connectivity index (χ0v) is 12.8. The Morgan fingerprint density at radius 2 is 1.04 bits per heavy atom. The molecule has 4 nitrogen and oxygen atoms in total. The molecule has 0 unspecified atom stereocenters. The van der Waals surface area contributed by atoms with Crippen LogP contribution in [0.3, 0.4) is 0 Å². The molecule has 3 aromatic rings. The first-order valence-electron chi connectivity index (χ1n) is 7.28. The minimum Gasteiger partial charge on any atom is -0.384 e. The van der Waals surface area contributed by atoms with Gasteiger partial charge in [0.25, 0.3) is 0 Å². The van der Waals surface area contributed by atoms with Crippen LogP contribution in [0.2, 0.25) is 0 Å². The Hall–Kier alpha value is -3.76. The van der Waals surface area contributed by atoms with Crippen LogP contribution in [-0.4, -0.2) is 9.97 Å². The van der Waals surface area contributed by atoms with Crippen LogP contribution >= 0.6 is 0 Å². The monoisotopic (exact) mass is 310 g/mol. The number of pyridine rings is 2. The van der Waals surface area contributed by atoms with Crippen molar-refractivity contribution >= 4 is 11.6 Å². The summed E-state index contributed by atoms with van der Waals surface area (Å²) in [6.45, 7) is 0. The lowest BCUT2D eigenvalue weighted by molar-refractivity contribution is 1.30. The van der Waals surface area contributed by atoms with E-state index in [1.807, 2.05) is 48.5 Å². The first-order valence-corrected chi connectivity index (χ1v) is 7.28. The van der Waals surface area contributed by atoms with Crippen molar-refractivity contribution in [2.24, 2.45) is 0 Å². The molecule has 4 heteroatoms. The highest BCUT2D eigenvalue weighted by Crippen LogP contribution is 2.05. The number of aromatic nitrogens is 2. The molecule has 0 fully saturated rings. The molecular formula is C20H14N4. The number of nitrogen functional groups attached to an aromatic ring is 2. The van der Waals surface area contributed by atoms with Gasteiger partial charge in [-0.15, -0.1) is 0 Å². The highest BCUT2D eigenvalue weighted by molar-refractivity contribution is 5.48. The number of hydrogen-bond donors (Lipinski definition) is 2. The quantitative estimate of drug-likeness (QED) is 0.625. The van der Waals surface area contributed by atoms with Crippen LogP contribution < -0.4 is 11.5 Å². The van der Waals surface area contributed by atoms with Crippen molar-refractivity contribution in [3.8, 4) is 23.7 Å².